The molecule has 1 aliphatic heterocycles. The van der Waals surface area contributed by atoms with Crippen molar-refractivity contribution in [1.82, 2.24) is 15.5 Å². The third kappa shape index (κ3) is 7.31. The second-order valence-electron chi connectivity index (χ2n) is 14.1. The van der Waals surface area contributed by atoms with Gasteiger partial charge in [0.05, 0.1) is 12.0 Å². The lowest BCUT2D eigenvalue weighted by Gasteiger charge is -2.36. The number of amides is 4. The third-order valence-electron chi connectivity index (χ3n) is 10.5. The van der Waals surface area contributed by atoms with E-state index in [1.807, 2.05) is 6.07 Å². The van der Waals surface area contributed by atoms with Crippen LogP contribution in [0.4, 0.5) is 0 Å². The molecule has 0 aromatic heterocycles. The molecule has 0 spiro atoms. The number of nitrogens with one attached hydrogen (secondary N) is 2. The van der Waals surface area contributed by atoms with Gasteiger partial charge in [-0.25, -0.2) is 0 Å². The van der Waals surface area contributed by atoms with E-state index in [0.29, 0.717) is 36.9 Å². The van der Waals surface area contributed by atoms with Crippen molar-refractivity contribution in [3.05, 3.63) is 35.4 Å². The first kappa shape index (κ1) is 32.8. The van der Waals surface area contributed by atoms with Gasteiger partial charge in [0, 0.05) is 18.5 Å². The molecule has 1 aromatic carbocycles. The van der Waals surface area contributed by atoms with Gasteiger partial charge in [-0.05, 0) is 61.3 Å². The number of primary amides is 1. The van der Waals surface area contributed by atoms with Crippen molar-refractivity contribution in [2.24, 2.45) is 29.4 Å². The van der Waals surface area contributed by atoms with Gasteiger partial charge in [-0.3, -0.25) is 28.8 Å². The Bertz CT molecular complexity index is 1320. The number of benzene rings is 1. The molecule has 4 N–H and O–H groups in total. The first-order valence-corrected chi connectivity index (χ1v) is 16.9. The Morgan fingerprint density at radius 2 is 1.60 bits per heavy atom. The van der Waals surface area contributed by atoms with Crippen LogP contribution in [0.5, 0.6) is 0 Å². The summed E-state index contributed by atoms with van der Waals surface area (Å²) in [6, 6.07) is 4.45. The summed E-state index contributed by atoms with van der Waals surface area (Å²) in [5, 5.41) is 5.91. The standard InChI is InChI=1S/C35H48N4O6/c1-20(2)17-23-15-16-39(30(23)34(44)37-27(31(41)32(36)42)18-21-9-8-10-21)35(45)29(22-11-4-3-5-12-22)38-33(43)26-19-28(40)25-14-7-6-13-24(25)26/h6-7,13-14,20-23,26-27,29-30H,3-5,8-12,15-19H2,1-2H3,(H2,36,42)(H,37,44)(H,38,43)/t23-,26?,27?,29+,30+/m1/s1. The Morgan fingerprint density at radius 3 is 2.24 bits per heavy atom. The van der Waals surface area contributed by atoms with E-state index in [4.69, 9.17) is 5.73 Å². The summed E-state index contributed by atoms with van der Waals surface area (Å²) in [7, 11) is 0. The van der Waals surface area contributed by atoms with Gasteiger partial charge in [-0.2, -0.15) is 0 Å². The highest BCUT2D eigenvalue weighted by atomic mass is 16.2. The molecule has 1 saturated heterocycles. The molecule has 4 amide bonds. The van der Waals surface area contributed by atoms with E-state index < -0.39 is 41.6 Å². The molecular weight excluding hydrogens is 572 g/mol. The zero-order chi connectivity index (χ0) is 32.2. The van der Waals surface area contributed by atoms with Crippen molar-refractivity contribution in [3.8, 4) is 0 Å². The average molecular weight is 621 g/mol. The highest BCUT2D eigenvalue weighted by molar-refractivity contribution is 6.37. The van der Waals surface area contributed by atoms with Crippen LogP contribution in [0.15, 0.2) is 24.3 Å². The van der Waals surface area contributed by atoms with Gasteiger partial charge in [0.2, 0.25) is 23.5 Å². The van der Waals surface area contributed by atoms with E-state index in [-0.39, 0.29) is 47.7 Å². The molecule has 5 atom stereocenters. The number of carbonyl (C=O) groups excluding carboxylic acids is 6. The molecule has 3 aliphatic carbocycles. The minimum atomic E-state index is -1.08. The number of nitrogens with zero attached hydrogens (tertiary/aromatic N) is 1. The van der Waals surface area contributed by atoms with Gasteiger partial charge in [0.1, 0.15) is 12.1 Å². The first-order valence-electron chi connectivity index (χ1n) is 16.9. The minimum absolute atomic E-state index is 0.0677. The molecule has 10 heteroatoms. The molecule has 1 heterocycles. The Labute approximate surface area is 265 Å². The lowest BCUT2D eigenvalue weighted by molar-refractivity contribution is -0.145. The highest BCUT2D eigenvalue weighted by Crippen LogP contribution is 2.37. The number of Topliss-reactive ketones (excluding diaryl/α,β-unsaturated/α-hetero) is 2. The Hall–Kier alpha value is -3.56. The van der Waals surface area contributed by atoms with Crippen LogP contribution < -0.4 is 16.4 Å². The summed E-state index contributed by atoms with van der Waals surface area (Å²) < 4.78 is 0. The predicted molar refractivity (Wildman–Crippen MR) is 168 cm³/mol. The van der Waals surface area contributed by atoms with Gasteiger partial charge in [0.15, 0.2) is 5.78 Å². The molecule has 3 fully saturated rings. The summed E-state index contributed by atoms with van der Waals surface area (Å²) in [5.74, 6) is -3.43. The Balaban J connectivity index is 1.39. The number of fused-ring (bicyclic) bond motifs is 1. The molecule has 5 rings (SSSR count). The second kappa shape index (κ2) is 14.3. The van der Waals surface area contributed by atoms with Crippen LogP contribution in [0.25, 0.3) is 0 Å². The third-order valence-corrected chi connectivity index (χ3v) is 10.5. The summed E-state index contributed by atoms with van der Waals surface area (Å²) in [5.41, 5.74) is 6.59. The summed E-state index contributed by atoms with van der Waals surface area (Å²) in [6.45, 7) is 4.50. The molecule has 45 heavy (non-hydrogen) atoms. The number of hydrogen-bond donors (Lipinski definition) is 3. The maximum atomic E-state index is 14.5. The molecule has 0 radical (unpaired) electrons. The van der Waals surface area contributed by atoms with Crippen molar-refractivity contribution in [3.63, 3.8) is 0 Å². The fraction of sp³-hybridized carbons (Fsp3) is 0.657. The molecule has 2 unspecified atom stereocenters. The molecule has 2 saturated carbocycles. The SMILES string of the molecule is CC(C)C[C@H]1CCN(C(=O)[C@@H](NC(=O)C2CC(=O)c3ccccc32)C2CCCCC2)[C@@H]1C(=O)NC(CC1CCC1)C(=O)C(N)=O. The quantitative estimate of drug-likeness (QED) is 0.304. The molecule has 0 bridgehead atoms. The van der Waals surface area contributed by atoms with Crippen LogP contribution in [0, 0.1) is 23.7 Å². The van der Waals surface area contributed by atoms with Gasteiger partial charge in [-0.1, -0.05) is 76.6 Å². The van der Waals surface area contributed by atoms with E-state index in [9.17, 15) is 28.8 Å². The second-order valence-corrected chi connectivity index (χ2v) is 14.1. The average Bonchev–Trinajstić information content (AvgIpc) is 3.57. The molecule has 10 nitrogen and oxygen atoms in total. The van der Waals surface area contributed by atoms with Crippen molar-refractivity contribution in [1.29, 1.82) is 0 Å². The number of hydrogen-bond acceptors (Lipinski definition) is 6. The molecule has 244 valence electrons. The topological polar surface area (TPSA) is 156 Å². The minimum Gasteiger partial charge on any atom is -0.363 e. The van der Waals surface area contributed by atoms with Gasteiger partial charge in [0.25, 0.3) is 5.91 Å². The van der Waals surface area contributed by atoms with E-state index in [2.05, 4.69) is 24.5 Å². The number of carbonyl (C=O) groups is 6. The smallest absolute Gasteiger partial charge is 0.287 e. The fourth-order valence-corrected chi connectivity index (χ4v) is 8.01. The van der Waals surface area contributed by atoms with Crippen LogP contribution in [0.1, 0.15) is 113 Å². The number of nitrogens with two attached hydrogens (primary N) is 1. The van der Waals surface area contributed by atoms with Crippen LogP contribution in [-0.2, 0) is 24.0 Å². The Morgan fingerprint density at radius 1 is 0.889 bits per heavy atom. The molecular formula is C35H48N4O6. The number of likely N-dealkylation sites (tertiary alicyclic amines) is 1. The van der Waals surface area contributed by atoms with Crippen molar-refractivity contribution in [2.45, 2.75) is 115 Å². The van der Waals surface area contributed by atoms with Gasteiger partial charge < -0.3 is 21.3 Å². The summed E-state index contributed by atoms with van der Waals surface area (Å²) in [6.07, 6.45) is 9.20. The fourth-order valence-electron chi connectivity index (χ4n) is 8.01. The van der Waals surface area contributed by atoms with Crippen LogP contribution in [0.2, 0.25) is 0 Å². The zero-order valence-corrected chi connectivity index (χ0v) is 26.6. The van der Waals surface area contributed by atoms with Crippen LogP contribution >= 0.6 is 0 Å². The van der Waals surface area contributed by atoms with E-state index in [1.165, 1.54) is 0 Å². The summed E-state index contributed by atoms with van der Waals surface area (Å²) >= 11 is 0. The van der Waals surface area contributed by atoms with Crippen molar-refractivity contribution in [2.75, 3.05) is 6.54 Å². The van der Waals surface area contributed by atoms with E-state index >= 15 is 0 Å². The number of ketones is 2. The van der Waals surface area contributed by atoms with Crippen LogP contribution in [-0.4, -0.2) is 64.8 Å². The van der Waals surface area contributed by atoms with E-state index in [1.54, 1.807) is 23.1 Å². The maximum absolute atomic E-state index is 14.5. The molecule has 1 aromatic rings. The summed E-state index contributed by atoms with van der Waals surface area (Å²) in [4.78, 5) is 81.3. The lowest BCUT2D eigenvalue weighted by Crippen LogP contribution is -2.59. The first-order chi connectivity index (χ1) is 21.5. The normalized spacial score (nSPS) is 24.9. The Kier molecular flexibility index (Phi) is 10.4. The van der Waals surface area contributed by atoms with Crippen molar-refractivity contribution >= 4 is 35.2 Å². The van der Waals surface area contributed by atoms with Crippen molar-refractivity contribution < 1.29 is 28.8 Å². The monoisotopic (exact) mass is 620 g/mol. The number of rotatable bonds is 12. The van der Waals surface area contributed by atoms with Crippen LogP contribution in [0.3, 0.4) is 0 Å². The zero-order valence-electron chi connectivity index (χ0n) is 26.6. The predicted octanol–water partition coefficient (Wildman–Crippen LogP) is 3.41. The van der Waals surface area contributed by atoms with Gasteiger partial charge in [-0.15, -0.1) is 0 Å². The largest absolute Gasteiger partial charge is 0.363 e. The maximum Gasteiger partial charge on any atom is 0.287 e. The highest BCUT2D eigenvalue weighted by Gasteiger charge is 2.47. The molecule has 4 aliphatic rings. The van der Waals surface area contributed by atoms with E-state index in [0.717, 1.165) is 51.4 Å². The van der Waals surface area contributed by atoms with Gasteiger partial charge >= 0.3 is 0 Å². The lowest BCUT2D eigenvalue weighted by atomic mass is 9.80.